The Morgan fingerprint density at radius 2 is 2.03 bits per heavy atom. The smallest absolute Gasteiger partial charge is 0.412 e. The largest absolute Gasteiger partial charge is 0.490 e. The van der Waals surface area contributed by atoms with Gasteiger partial charge in [-0.25, -0.2) is 14.2 Å². The number of ether oxygens (including phenoxy) is 2. The third-order valence-corrected chi connectivity index (χ3v) is 5.78. The van der Waals surface area contributed by atoms with E-state index in [1.165, 1.54) is 12.1 Å². The lowest BCUT2D eigenvalue weighted by Crippen LogP contribution is -2.26. The zero-order chi connectivity index (χ0) is 23.4. The van der Waals surface area contributed by atoms with Gasteiger partial charge in [-0.15, -0.1) is 0 Å². The number of amides is 1. The molecule has 1 atom stereocenters. The van der Waals surface area contributed by atoms with Crippen molar-refractivity contribution in [3.05, 3.63) is 59.2 Å². The van der Waals surface area contributed by atoms with Crippen molar-refractivity contribution in [3.63, 3.8) is 0 Å². The highest BCUT2D eigenvalue weighted by Crippen LogP contribution is 2.30. The van der Waals surface area contributed by atoms with Crippen LogP contribution in [-0.4, -0.2) is 33.8 Å². The lowest BCUT2D eigenvalue weighted by molar-refractivity contribution is 0.197. The van der Waals surface area contributed by atoms with Crippen LogP contribution in [0.4, 0.5) is 9.18 Å². The molecule has 4 aromatic rings. The summed E-state index contributed by atoms with van der Waals surface area (Å²) in [5.74, 6) is -0.125. The number of nitrogens with zero attached hydrogens (tertiary/aromatic N) is 3. The van der Waals surface area contributed by atoms with E-state index in [9.17, 15) is 9.18 Å². The molecule has 0 bridgehead atoms. The van der Waals surface area contributed by atoms with Crippen LogP contribution in [0.1, 0.15) is 32.7 Å². The molecule has 2 aromatic carbocycles. The molecule has 2 aromatic heterocycles. The number of pyridine rings is 1. The van der Waals surface area contributed by atoms with Crippen LogP contribution in [0.3, 0.4) is 0 Å². The number of benzene rings is 2. The molecule has 2 heterocycles. The van der Waals surface area contributed by atoms with E-state index in [1.807, 2.05) is 18.5 Å². The summed E-state index contributed by atoms with van der Waals surface area (Å²) in [5, 5.41) is 3.56. The van der Waals surface area contributed by atoms with E-state index in [2.05, 4.69) is 48.8 Å². The van der Waals surface area contributed by atoms with Gasteiger partial charge in [-0.3, -0.25) is 4.98 Å². The fourth-order valence-corrected chi connectivity index (χ4v) is 4.04. The fourth-order valence-electron chi connectivity index (χ4n) is 3.68. The Bertz CT molecular complexity index is 1290. The monoisotopic (exact) mass is 514 g/mol. The Kier molecular flexibility index (Phi) is 7.08. The maximum Gasteiger partial charge on any atom is 0.412 e. The molecule has 9 heteroatoms. The first-order valence-electron chi connectivity index (χ1n) is 10.7. The normalized spacial score (nSPS) is 12.1. The summed E-state index contributed by atoms with van der Waals surface area (Å²) < 4.78 is 27.7. The van der Waals surface area contributed by atoms with E-state index in [-0.39, 0.29) is 11.8 Å². The fraction of sp³-hybridized carbons (Fsp3) is 0.292. The third-order valence-electron chi connectivity index (χ3n) is 5.29. The number of halogens is 2. The van der Waals surface area contributed by atoms with Crippen molar-refractivity contribution in [2.75, 3.05) is 13.2 Å². The molecular weight excluding hydrogens is 491 g/mol. The average Bonchev–Trinajstić information content (AvgIpc) is 3.23. The highest BCUT2D eigenvalue weighted by molar-refractivity contribution is 9.10. The number of nitrogens with one attached hydrogen (secondary N) is 1. The van der Waals surface area contributed by atoms with Crippen molar-refractivity contribution in [1.82, 2.24) is 19.9 Å². The predicted molar refractivity (Wildman–Crippen MR) is 128 cm³/mol. The van der Waals surface area contributed by atoms with E-state index in [4.69, 9.17) is 9.47 Å². The van der Waals surface area contributed by atoms with Crippen molar-refractivity contribution in [1.29, 1.82) is 0 Å². The van der Waals surface area contributed by atoms with Gasteiger partial charge in [0.1, 0.15) is 11.3 Å². The van der Waals surface area contributed by atoms with E-state index in [1.54, 1.807) is 13.1 Å². The maximum absolute atomic E-state index is 13.6. The van der Waals surface area contributed by atoms with Crippen LogP contribution in [0, 0.1) is 5.82 Å². The molecule has 0 aliphatic rings. The van der Waals surface area contributed by atoms with Gasteiger partial charge in [0.2, 0.25) is 0 Å². The molecular formula is C24H24BrFN4O3. The van der Waals surface area contributed by atoms with E-state index in [0.29, 0.717) is 18.9 Å². The quantitative estimate of drug-likeness (QED) is 0.291. The van der Waals surface area contributed by atoms with E-state index >= 15 is 0 Å². The van der Waals surface area contributed by atoms with Gasteiger partial charge in [-0.1, -0.05) is 15.9 Å². The SMILES string of the molecule is CCNC(=O)Oc1cc(F)ccc1OCCC[C@@H](C)n1cnc2cnc3ccc(Br)cc3c21. The van der Waals surface area contributed by atoms with Crippen LogP contribution in [0.5, 0.6) is 11.5 Å². The third kappa shape index (κ3) is 5.24. The first-order chi connectivity index (χ1) is 16.0. The second kappa shape index (κ2) is 10.2. The topological polar surface area (TPSA) is 78.3 Å². The van der Waals surface area contributed by atoms with Crippen LogP contribution in [0.25, 0.3) is 21.9 Å². The molecule has 4 rings (SSSR count). The summed E-state index contributed by atoms with van der Waals surface area (Å²) in [6, 6.07) is 10.1. The number of hydrogen-bond acceptors (Lipinski definition) is 5. The van der Waals surface area contributed by atoms with Gasteiger partial charge in [0.25, 0.3) is 0 Å². The molecule has 33 heavy (non-hydrogen) atoms. The summed E-state index contributed by atoms with van der Waals surface area (Å²) in [4.78, 5) is 20.7. The summed E-state index contributed by atoms with van der Waals surface area (Å²) >= 11 is 3.54. The number of rotatable bonds is 8. The van der Waals surface area contributed by atoms with Crippen LogP contribution >= 0.6 is 15.9 Å². The van der Waals surface area contributed by atoms with Crippen LogP contribution in [0.2, 0.25) is 0 Å². The highest BCUT2D eigenvalue weighted by Gasteiger charge is 2.15. The van der Waals surface area contributed by atoms with Crippen molar-refractivity contribution >= 4 is 44.0 Å². The molecule has 0 fully saturated rings. The first kappa shape index (κ1) is 23.0. The minimum Gasteiger partial charge on any atom is -0.490 e. The molecule has 1 N–H and O–H groups in total. The summed E-state index contributed by atoms with van der Waals surface area (Å²) in [7, 11) is 0. The Morgan fingerprint density at radius 1 is 1.18 bits per heavy atom. The first-order valence-corrected chi connectivity index (χ1v) is 11.5. The number of fused-ring (bicyclic) bond motifs is 3. The minimum atomic E-state index is -0.651. The Labute approximate surface area is 199 Å². The van der Waals surface area contributed by atoms with Crippen LogP contribution in [-0.2, 0) is 0 Å². The number of aromatic nitrogens is 3. The van der Waals surface area contributed by atoms with Crippen molar-refractivity contribution in [3.8, 4) is 11.5 Å². The molecule has 0 aliphatic heterocycles. The highest BCUT2D eigenvalue weighted by atomic mass is 79.9. The lowest BCUT2D eigenvalue weighted by Gasteiger charge is -2.16. The standard InChI is InChI=1S/C24H24BrFN4O3/c1-3-27-24(31)33-22-12-17(26)7-9-21(22)32-10-4-5-15(2)30-14-29-20-13-28-19-8-6-16(25)11-18(19)23(20)30/h6-9,11-15H,3-5,10H2,1-2H3,(H,27,31)/t15-/m1/s1. The van der Waals surface area contributed by atoms with Gasteiger partial charge in [0.15, 0.2) is 11.5 Å². The molecule has 1 amide bonds. The molecule has 0 aliphatic carbocycles. The molecule has 0 saturated heterocycles. The van der Waals surface area contributed by atoms with Crippen molar-refractivity contribution in [2.45, 2.75) is 32.7 Å². The molecule has 0 unspecified atom stereocenters. The molecule has 0 saturated carbocycles. The molecule has 0 radical (unpaired) electrons. The van der Waals surface area contributed by atoms with Gasteiger partial charge in [-0.2, -0.15) is 0 Å². The van der Waals surface area contributed by atoms with Crippen LogP contribution < -0.4 is 14.8 Å². The number of carbonyl (C=O) groups is 1. The molecule has 172 valence electrons. The maximum atomic E-state index is 13.6. The Morgan fingerprint density at radius 3 is 2.85 bits per heavy atom. The predicted octanol–water partition coefficient (Wildman–Crippen LogP) is 6.01. The minimum absolute atomic E-state index is 0.0548. The Hall–Kier alpha value is -3.20. The lowest BCUT2D eigenvalue weighted by atomic mass is 10.1. The van der Waals surface area contributed by atoms with Gasteiger partial charge in [0, 0.05) is 28.5 Å². The van der Waals surface area contributed by atoms with Gasteiger partial charge >= 0.3 is 6.09 Å². The van der Waals surface area contributed by atoms with Gasteiger partial charge < -0.3 is 19.4 Å². The van der Waals surface area contributed by atoms with Crippen molar-refractivity contribution in [2.24, 2.45) is 0 Å². The zero-order valence-corrected chi connectivity index (χ0v) is 19.9. The molecule has 7 nitrogen and oxygen atoms in total. The number of hydrogen-bond donors (Lipinski definition) is 1. The Balaban J connectivity index is 1.43. The summed E-state index contributed by atoms with van der Waals surface area (Å²) in [6.07, 6.45) is 4.56. The summed E-state index contributed by atoms with van der Waals surface area (Å²) in [5.41, 5.74) is 2.81. The number of carbonyl (C=O) groups excluding carboxylic acids is 1. The summed E-state index contributed by atoms with van der Waals surface area (Å²) in [6.45, 7) is 4.70. The second-order valence-corrected chi connectivity index (χ2v) is 8.57. The zero-order valence-electron chi connectivity index (χ0n) is 18.3. The molecule has 0 spiro atoms. The van der Waals surface area contributed by atoms with Gasteiger partial charge in [-0.05, 0) is 57.0 Å². The van der Waals surface area contributed by atoms with E-state index < -0.39 is 11.9 Å². The van der Waals surface area contributed by atoms with Crippen molar-refractivity contribution < 1.29 is 18.7 Å². The van der Waals surface area contributed by atoms with E-state index in [0.717, 1.165) is 45.3 Å². The average molecular weight is 515 g/mol. The number of imidazole rings is 1. The second-order valence-electron chi connectivity index (χ2n) is 7.66. The van der Waals surface area contributed by atoms with Gasteiger partial charge in [0.05, 0.1) is 30.2 Å². The van der Waals surface area contributed by atoms with Crippen LogP contribution in [0.15, 0.2) is 53.4 Å².